The van der Waals surface area contributed by atoms with Gasteiger partial charge in [0.05, 0.1) is 11.9 Å². The molecule has 2 heterocycles. The van der Waals surface area contributed by atoms with Gasteiger partial charge in [-0.3, -0.25) is 0 Å². The summed E-state index contributed by atoms with van der Waals surface area (Å²) in [5.74, 6) is 0.619. The molecule has 0 radical (unpaired) electrons. The summed E-state index contributed by atoms with van der Waals surface area (Å²) < 4.78 is 31.9. The zero-order valence-electron chi connectivity index (χ0n) is 12.4. The molecule has 2 rings (SSSR count). The average molecular weight is 314 g/mol. The largest absolute Gasteiger partial charge is 0.381 e. The molecule has 0 saturated carbocycles. The third-order valence-electron chi connectivity index (χ3n) is 3.46. The van der Waals surface area contributed by atoms with E-state index in [0.717, 1.165) is 19.4 Å². The molecule has 118 valence electrons. The van der Waals surface area contributed by atoms with Gasteiger partial charge in [-0.15, -0.1) is 0 Å². The van der Waals surface area contributed by atoms with Crippen LogP contribution in [0.4, 0.5) is 5.95 Å². The molecule has 0 amide bonds. The van der Waals surface area contributed by atoms with Crippen LogP contribution in [-0.4, -0.2) is 56.5 Å². The summed E-state index contributed by atoms with van der Waals surface area (Å²) in [6.45, 7) is 3.17. The Morgan fingerprint density at radius 1 is 1.48 bits per heavy atom. The first-order valence-electron chi connectivity index (χ1n) is 7.05. The maximum absolute atomic E-state index is 12.1. The molecule has 2 atom stereocenters. The van der Waals surface area contributed by atoms with Crippen LogP contribution in [0.15, 0.2) is 18.5 Å². The summed E-state index contributed by atoms with van der Waals surface area (Å²) in [6.07, 6.45) is 4.79. The van der Waals surface area contributed by atoms with Crippen LogP contribution in [0.1, 0.15) is 19.8 Å². The van der Waals surface area contributed by atoms with Crippen molar-refractivity contribution in [2.45, 2.75) is 31.9 Å². The van der Waals surface area contributed by atoms with Crippen molar-refractivity contribution in [1.82, 2.24) is 14.7 Å². The predicted octanol–water partition coefficient (Wildman–Crippen LogP) is 0.400. The number of hydrogen-bond donors (Lipinski definition) is 1. The minimum atomic E-state index is -3.34. The standard InChI is InChI=1S/C13H22N4O3S/c1-11(20-2)10-21(18,19)16-12-5-3-8-17(9-12)13-14-6-4-7-15-13/h4,6-7,11-12,16H,3,5,8-10H2,1-2H3/t11-,12+/m1/s1. The fourth-order valence-corrected chi connectivity index (χ4v) is 3.94. The molecule has 21 heavy (non-hydrogen) atoms. The molecule has 1 aliphatic rings. The van der Waals surface area contributed by atoms with Crippen molar-refractivity contribution in [1.29, 1.82) is 0 Å². The predicted molar refractivity (Wildman–Crippen MR) is 80.7 cm³/mol. The number of rotatable bonds is 6. The maximum atomic E-state index is 12.1. The van der Waals surface area contributed by atoms with Gasteiger partial charge in [0.1, 0.15) is 0 Å². The lowest BCUT2D eigenvalue weighted by atomic mass is 10.1. The molecule has 0 aromatic carbocycles. The van der Waals surface area contributed by atoms with E-state index in [1.165, 1.54) is 7.11 Å². The second-order valence-corrected chi connectivity index (χ2v) is 7.08. The number of nitrogens with zero attached hydrogens (tertiary/aromatic N) is 3. The third kappa shape index (κ3) is 4.90. The van der Waals surface area contributed by atoms with Gasteiger partial charge in [0.15, 0.2) is 0 Å². The van der Waals surface area contributed by atoms with Crippen LogP contribution in [0.25, 0.3) is 0 Å². The molecule has 1 aromatic rings. The van der Waals surface area contributed by atoms with Gasteiger partial charge in [-0.2, -0.15) is 0 Å². The number of hydrogen-bond acceptors (Lipinski definition) is 6. The van der Waals surface area contributed by atoms with Gasteiger partial charge in [0.2, 0.25) is 16.0 Å². The summed E-state index contributed by atoms with van der Waals surface area (Å²) in [5.41, 5.74) is 0. The van der Waals surface area contributed by atoms with Crippen molar-refractivity contribution in [3.63, 3.8) is 0 Å². The Morgan fingerprint density at radius 3 is 2.86 bits per heavy atom. The van der Waals surface area contributed by atoms with Gasteiger partial charge in [-0.05, 0) is 25.8 Å². The average Bonchev–Trinajstić information content (AvgIpc) is 2.47. The number of nitrogens with one attached hydrogen (secondary N) is 1. The van der Waals surface area contributed by atoms with Gasteiger partial charge < -0.3 is 9.64 Å². The third-order valence-corrected chi connectivity index (χ3v) is 5.06. The van der Waals surface area contributed by atoms with Crippen molar-refractivity contribution in [3.8, 4) is 0 Å². The molecule has 0 aliphatic carbocycles. The number of aromatic nitrogens is 2. The Labute approximate surface area is 125 Å². The Kier molecular flexibility index (Phi) is 5.49. The van der Waals surface area contributed by atoms with Crippen LogP contribution in [0.3, 0.4) is 0 Å². The van der Waals surface area contributed by atoms with Crippen molar-refractivity contribution >= 4 is 16.0 Å². The van der Waals surface area contributed by atoms with Crippen LogP contribution in [0, 0.1) is 0 Å². The first kappa shape index (κ1) is 16.1. The van der Waals surface area contributed by atoms with E-state index in [-0.39, 0.29) is 17.9 Å². The highest BCUT2D eigenvalue weighted by molar-refractivity contribution is 7.89. The van der Waals surface area contributed by atoms with Gasteiger partial charge >= 0.3 is 0 Å². The molecule has 1 N–H and O–H groups in total. The molecular formula is C13H22N4O3S. The summed E-state index contributed by atoms with van der Waals surface area (Å²) in [5, 5.41) is 0. The molecule has 1 saturated heterocycles. The molecule has 1 aromatic heterocycles. The zero-order chi connectivity index (χ0) is 15.3. The normalized spacial score (nSPS) is 21.2. The van der Waals surface area contributed by atoms with Crippen LogP contribution < -0.4 is 9.62 Å². The van der Waals surface area contributed by atoms with Crippen LogP contribution in [0.5, 0.6) is 0 Å². The molecule has 0 bridgehead atoms. The first-order chi connectivity index (χ1) is 10.00. The summed E-state index contributed by atoms with van der Waals surface area (Å²) >= 11 is 0. The summed E-state index contributed by atoms with van der Waals surface area (Å²) in [4.78, 5) is 10.4. The highest BCUT2D eigenvalue weighted by atomic mass is 32.2. The fourth-order valence-electron chi connectivity index (χ4n) is 2.39. The molecule has 1 fully saturated rings. The summed E-state index contributed by atoms with van der Waals surface area (Å²) in [6, 6.07) is 1.65. The van der Waals surface area contributed by atoms with Gasteiger partial charge in [0.25, 0.3) is 0 Å². The number of anilines is 1. The minimum absolute atomic E-state index is 0.0260. The van der Waals surface area contributed by atoms with Crippen LogP contribution in [0.2, 0.25) is 0 Å². The quantitative estimate of drug-likeness (QED) is 0.818. The lowest BCUT2D eigenvalue weighted by molar-refractivity contribution is 0.136. The molecule has 0 spiro atoms. The van der Waals surface area contributed by atoms with Crippen LogP contribution >= 0.6 is 0 Å². The van der Waals surface area contributed by atoms with Crippen molar-refractivity contribution in [2.75, 3.05) is 30.9 Å². The lowest BCUT2D eigenvalue weighted by Crippen LogP contribution is -2.49. The van der Waals surface area contributed by atoms with E-state index in [1.807, 2.05) is 4.90 Å². The van der Waals surface area contributed by atoms with E-state index in [1.54, 1.807) is 25.4 Å². The molecule has 7 nitrogen and oxygen atoms in total. The van der Waals surface area contributed by atoms with Crippen molar-refractivity contribution in [2.24, 2.45) is 0 Å². The number of sulfonamides is 1. The van der Waals surface area contributed by atoms with E-state index >= 15 is 0 Å². The monoisotopic (exact) mass is 314 g/mol. The fraction of sp³-hybridized carbons (Fsp3) is 0.692. The minimum Gasteiger partial charge on any atom is -0.381 e. The molecule has 0 unspecified atom stereocenters. The van der Waals surface area contributed by atoms with E-state index in [0.29, 0.717) is 12.5 Å². The second-order valence-electron chi connectivity index (χ2n) is 5.28. The van der Waals surface area contributed by atoms with Crippen molar-refractivity contribution < 1.29 is 13.2 Å². The Bertz CT molecular complexity index is 538. The summed E-state index contributed by atoms with van der Waals surface area (Å²) in [7, 11) is -1.83. The Morgan fingerprint density at radius 2 is 2.19 bits per heavy atom. The van der Waals surface area contributed by atoms with E-state index < -0.39 is 10.0 Å². The Balaban J connectivity index is 1.95. The number of ether oxygens (including phenoxy) is 1. The van der Waals surface area contributed by atoms with E-state index in [9.17, 15) is 8.42 Å². The highest BCUT2D eigenvalue weighted by Gasteiger charge is 2.26. The number of piperidine rings is 1. The second kappa shape index (κ2) is 7.15. The molecule has 8 heteroatoms. The maximum Gasteiger partial charge on any atom is 0.225 e. The molecular weight excluding hydrogens is 292 g/mol. The van der Waals surface area contributed by atoms with Crippen LogP contribution in [-0.2, 0) is 14.8 Å². The smallest absolute Gasteiger partial charge is 0.225 e. The topological polar surface area (TPSA) is 84.4 Å². The van der Waals surface area contributed by atoms with Crippen molar-refractivity contribution in [3.05, 3.63) is 18.5 Å². The zero-order valence-corrected chi connectivity index (χ0v) is 13.2. The Hall–Kier alpha value is -1.25. The van der Waals surface area contributed by atoms with Gasteiger partial charge in [-0.25, -0.2) is 23.1 Å². The lowest BCUT2D eigenvalue weighted by Gasteiger charge is -2.33. The SMILES string of the molecule is CO[C@H](C)CS(=O)(=O)N[C@H]1CCCN(c2ncccn2)C1. The van der Waals surface area contributed by atoms with Gasteiger partial charge in [0, 0.05) is 38.6 Å². The first-order valence-corrected chi connectivity index (χ1v) is 8.70. The molecule has 1 aliphatic heterocycles. The van der Waals surface area contributed by atoms with E-state index in [2.05, 4.69) is 14.7 Å². The van der Waals surface area contributed by atoms with Gasteiger partial charge in [-0.1, -0.05) is 0 Å². The number of methoxy groups -OCH3 is 1. The highest BCUT2D eigenvalue weighted by Crippen LogP contribution is 2.16. The van der Waals surface area contributed by atoms with E-state index in [4.69, 9.17) is 4.74 Å².